The van der Waals surface area contributed by atoms with Gasteiger partial charge in [0.15, 0.2) is 5.82 Å². The molecule has 0 radical (unpaired) electrons. The highest BCUT2D eigenvalue weighted by Crippen LogP contribution is 2.23. The number of hydrogen-bond acceptors (Lipinski definition) is 6. The maximum Gasteiger partial charge on any atom is 0.326 e. The van der Waals surface area contributed by atoms with Gasteiger partial charge in [-0.15, -0.1) is 0 Å². The highest BCUT2D eigenvalue weighted by atomic mass is 16.5. The Labute approximate surface area is 139 Å². The maximum atomic E-state index is 12.1. The van der Waals surface area contributed by atoms with E-state index >= 15 is 0 Å². The fourth-order valence-electron chi connectivity index (χ4n) is 2.80. The predicted molar refractivity (Wildman–Crippen MR) is 92.0 cm³/mol. The first-order valence-corrected chi connectivity index (χ1v) is 8.11. The summed E-state index contributed by atoms with van der Waals surface area (Å²) in [5, 5.41) is 2.90. The van der Waals surface area contributed by atoms with Gasteiger partial charge in [0, 0.05) is 32.9 Å². The van der Waals surface area contributed by atoms with E-state index in [1.807, 2.05) is 6.08 Å². The van der Waals surface area contributed by atoms with E-state index in [1.165, 1.54) is 0 Å². The van der Waals surface area contributed by atoms with Crippen LogP contribution in [0.4, 0.5) is 5.82 Å². The summed E-state index contributed by atoms with van der Waals surface area (Å²) < 4.78 is 12.8. The molecule has 130 valence electrons. The Kier molecular flexibility index (Phi) is 5.05. The van der Waals surface area contributed by atoms with E-state index in [-0.39, 0.29) is 11.5 Å². The number of nitrogen functional groups attached to an aromatic ring is 1. The monoisotopic (exact) mass is 333 g/mol. The number of nitrogens with one attached hydrogen (secondary N) is 2. The van der Waals surface area contributed by atoms with Crippen molar-refractivity contribution in [3.63, 3.8) is 0 Å². The van der Waals surface area contributed by atoms with E-state index in [0.717, 1.165) is 26.1 Å². The average Bonchev–Trinajstić information content (AvgIpc) is 2.91. The lowest BCUT2D eigenvalue weighted by atomic mass is 10.0. The zero-order chi connectivity index (χ0) is 16.9. The number of aromatic nitrogens is 3. The lowest BCUT2D eigenvalue weighted by Crippen LogP contribution is -2.21. The van der Waals surface area contributed by atoms with E-state index in [0.29, 0.717) is 36.0 Å². The molecule has 3 heterocycles. The van der Waals surface area contributed by atoms with Gasteiger partial charge in [0.1, 0.15) is 5.52 Å². The van der Waals surface area contributed by atoms with Crippen molar-refractivity contribution in [2.45, 2.75) is 19.4 Å². The molecule has 0 aromatic carbocycles. The van der Waals surface area contributed by atoms with Gasteiger partial charge in [-0.05, 0) is 31.0 Å². The molecular weight excluding hydrogens is 310 g/mol. The van der Waals surface area contributed by atoms with Crippen LogP contribution in [0.3, 0.4) is 0 Å². The SMILES string of the molecule is CN/C=C/Cn1c(=O)[nH]c2c(N)nc(OCC3CCOCC3)cc21. The molecule has 0 unspecified atom stereocenters. The number of anilines is 1. The second-order valence-electron chi connectivity index (χ2n) is 5.84. The number of hydrogen-bond donors (Lipinski definition) is 3. The Morgan fingerprint density at radius 1 is 1.54 bits per heavy atom. The van der Waals surface area contributed by atoms with Crippen LogP contribution in [0.2, 0.25) is 0 Å². The number of allylic oxidation sites excluding steroid dienone is 1. The minimum Gasteiger partial charge on any atom is -0.477 e. The van der Waals surface area contributed by atoms with E-state index in [1.54, 1.807) is 23.9 Å². The number of H-pyrrole nitrogens is 1. The second kappa shape index (κ2) is 7.39. The van der Waals surface area contributed by atoms with Gasteiger partial charge in [0.25, 0.3) is 0 Å². The lowest BCUT2D eigenvalue weighted by Gasteiger charge is -2.21. The molecular formula is C16H23N5O3. The van der Waals surface area contributed by atoms with Crippen molar-refractivity contribution in [1.82, 2.24) is 19.9 Å². The first-order valence-electron chi connectivity index (χ1n) is 8.11. The van der Waals surface area contributed by atoms with Gasteiger partial charge in [-0.25, -0.2) is 4.79 Å². The Morgan fingerprint density at radius 3 is 3.08 bits per heavy atom. The second-order valence-corrected chi connectivity index (χ2v) is 5.84. The summed E-state index contributed by atoms with van der Waals surface area (Å²) in [6.07, 6.45) is 5.61. The van der Waals surface area contributed by atoms with Gasteiger partial charge >= 0.3 is 5.69 Å². The van der Waals surface area contributed by atoms with Crippen LogP contribution in [0, 0.1) is 5.92 Å². The molecule has 4 N–H and O–H groups in total. The molecule has 24 heavy (non-hydrogen) atoms. The first-order chi connectivity index (χ1) is 11.7. The molecule has 2 aromatic rings. The zero-order valence-corrected chi connectivity index (χ0v) is 13.7. The Hall–Kier alpha value is -2.48. The highest BCUT2D eigenvalue weighted by molar-refractivity contribution is 5.85. The van der Waals surface area contributed by atoms with Gasteiger partial charge in [-0.3, -0.25) is 4.57 Å². The third-order valence-electron chi connectivity index (χ3n) is 4.15. The van der Waals surface area contributed by atoms with Crippen LogP contribution in [0.1, 0.15) is 12.8 Å². The number of nitrogens with two attached hydrogens (primary N) is 1. The zero-order valence-electron chi connectivity index (χ0n) is 13.7. The lowest BCUT2D eigenvalue weighted by molar-refractivity contribution is 0.0491. The summed E-state index contributed by atoms with van der Waals surface area (Å²) in [5.74, 6) is 1.17. The summed E-state index contributed by atoms with van der Waals surface area (Å²) in [6.45, 7) is 2.56. The van der Waals surface area contributed by atoms with Crippen LogP contribution < -0.4 is 21.5 Å². The molecule has 0 aliphatic carbocycles. The third-order valence-corrected chi connectivity index (χ3v) is 4.15. The van der Waals surface area contributed by atoms with Crippen molar-refractivity contribution in [2.75, 3.05) is 32.6 Å². The van der Waals surface area contributed by atoms with Crippen molar-refractivity contribution in [2.24, 2.45) is 5.92 Å². The number of aromatic amines is 1. The number of ether oxygens (including phenoxy) is 2. The molecule has 0 spiro atoms. The number of pyridine rings is 1. The third kappa shape index (κ3) is 3.53. The van der Waals surface area contributed by atoms with Crippen molar-refractivity contribution in [1.29, 1.82) is 0 Å². The van der Waals surface area contributed by atoms with Gasteiger partial charge < -0.3 is 25.5 Å². The van der Waals surface area contributed by atoms with Crippen molar-refractivity contribution < 1.29 is 9.47 Å². The summed E-state index contributed by atoms with van der Waals surface area (Å²) >= 11 is 0. The van der Waals surface area contributed by atoms with E-state index in [9.17, 15) is 4.79 Å². The number of rotatable bonds is 6. The molecule has 3 rings (SSSR count). The Bertz CT molecular complexity index is 774. The van der Waals surface area contributed by atoms with Crippen LogP contribution in [0.5, 0.6) is 5.88 Å². The highest BCUT2D eigenvalue weighted by Gasteiger charge is 2.16. The number of fused-ring (bicyclic) bond motifs is 1. The summed E-state index contributed by atoms with van der Waals surface area (Å²) in [7, 11) is 1.80. The topological polar surface area (TPSA) is 107 Å². The van der Waals surface area contributed by atoms with Crippen molar-refractivity contribution >= 4 is 16.9 Å². The Morgan fingerprint density at radius 2 is 2.33 bits per heavy atom. The summed E-state index contributed by atoms with van der Waals surface area (Å²) in [5.41, 5.74) is 6.98. The number of nitrogens with zero attached hydrogens (tertiary/aromatic N) is 2. The molecule has 8 heteroatoms. The normalized spacial score (nSPS) is 16.0. The van der Waals surface area contributed by atoms with Crippen LogP contribution in [-0.2, 0) is 11.3 Å². The molecule has 1 fully saturated rings. The molecule has 0 amide bonds. The largest absolute Gasteiger partial charge is 0.477 e. The molecule has 1 saturated heterocycles. The van der Waals surface area contributed by atoms with E-state index in [4.69, 9.17) is 15.2 Å². The van der Waals surface area contributed by atoms with Crippen molar-refractivity contribution in [3.05, 3.63) is 28.8 Å². The molecule has 0 saturated carbocycles. The van der Waals surface area contributed by atoms with Crippen LogP contribution >= 0.6 is 0 Å². The van der Waals surface area contributed by atoms with Crippen molar-refractivity contribution in [3.8, 4) is 5.88 Å². The molecule has 2 aromatic heterocycles. The van der Waals surface area contributed by atoms with Crippen LogP contribution in [-0.4, -0.2) is 41.4 Å². The summed E-state index contributed by atoms with van der Waals surface area (Å²) in [4.78, 5) is 19.1. The van der Waals surface area contributed by atoms with Gasteiger partial charge in [0.05, 0.1) is 12.1 Å². The smallest absolute Gasteiger partial charge is 0.326 e. The standard InChI is InChI=1S/C16H23N5O3/c1-18-5-2-6-21-12-9-13(19-15(17)14(12)20-16(21)22)24-10-11-3-7-23-8-4-11/h2,5,9,11,18H,3-4,6-8,10H2,1H3,(H2,17,19)(H,20,22)/b5-2+. The minimum absolute atomic E-state index is 0.221. The quantitative estimate of drug-likeness (QED) is 0.723. The van der Waals surface area contributed by atoms with Gasteiger partial charge in [-0.2, -0.15) is 4.98 Å². The average molecular weight is 333 g/mol. The predicted octanol–water partition coefficient (Wildman–Crippen LogP) is 0.845. The number of imidazole rings is 1. The molecule has 0 atom stereocenters. The first kappa shape index (κ1) is 16.4. The molecule has 8 nitrogen and oxygen atoms in total. The fraction of sp³-hybridized carbons (Fsp3) is 0.500. The molecule has 1 aliphatic heterocycles. The van der Waals surface area contributed by atoms with E-state index in [2.05, 4.69) is 15.3 Å². The Balaban J connectivity index is 1.82. The minimum atomic E-state index is -0.221. The van der Waals surface area contributed by atoms with Crippen LogP contribution in [0.15, 0.2) is 23.1 Å². The molecule has 1 aliphatic rings. The fourth-order valence-corrected chi connectivity index (χ4v) is 2.80. The molecule has 0 bridgehead atoms. The van der Waals surface area contributed by atoms with Crippen LogP contribution in [0.25, 0.3) is 11.0 Å². The van der Waals surface area contributed by atoms with Gasteiger partial charge in [-0.1, -0.05) is 0 Å². The van der Waals surface area contributed by atoms with Gasteiger partial charge in [0.2, 0.25) is 5.88 Å². The maximum absolute atomic E-state index is 12.1. The van der Waals surface area contributed by atoms with E-state index < -0.39 is 0 Å². The summed E-state index contributed by atoms with van der Waals surface area (Å²) in [6, 6.07) is 1.76.